The summed E-state index contributed by atoms with van der Waals surface area (Å²) in [5.41, 5.74) is 2.10. The van der Waals surface area contributed by atoms with Crippen molar-refractivity contribution < 1.29 is 14.3 Å². The molecule has 0 saturated carbocycles. The van der Waals surface area contributed by atoms with Crippen LogP contribution in [0.15, 0.2) is 48.8 Å². The van der Waals surface area contributed by atoms with Gasteiger partial charge in [-0.25, -0.2) is 0 Å². The summed E-state index contributed by atoms with van der Waals surface area (Å²) in [6.45, 7) is 8.01. The topological polar surface area (TPSA) is 54.9 Å². The molecule has 0 spiro atoms. The van der Waals surface area contributed by atoms with Crippen molar-refractivity contribution in [3.05, 3.63) is 59.9 Å². The summed E-state index contributed by atoms with van der Waals surface area (Å²) in [4.78, 5) is 21.0. The number of hydrogen-bond acceptors (Lipinski definition) is 5. The maximum Gasteiger partial charge on any atom is 0.246 e. The number of nitrogens with zero attached hydrogens (tertiary/aromatic N) is 3. The Morgan fingerprint density at radius 2 is 1.97 bits per heavy atom. The number of amides is 1. The standard InChI is InChI=1S/C23H29N3O3/c1-18(2)29-21-8-6-19(15-22(21)28-3)7-9-23(27)26-13-11-25(12-14-26)17-20-5-4-10-24-16-20/h4-10,15-16,18H,11-14,17H2,1-3H3/b9-7+. The molecule has 1 aliphatic heterocycles. The second-order valence-corrected chi connectivity index (χ2v) is 7.37. The zero-order valence-corrected chi connectivity index (χ0v) is 17.4. The van der Waals surface area contributed by atoms with Gasteiger partial charge in [-0.3, -0.25) is 14.7 Å². The minimum Gasteiger partial charge on any atom is -0.493 e. The van der Waals surface area contributed by atoms with Crippen LogP contribution in [-0.4, -0.2) is 60.1 Å². The van der Waals surface area contributed by atoms with Crippen molar-refractivity contribution in [3.63, 3.8) is 0 Å². The molecule has 1 aromatic heterocycles. The number of hydrogen-bond donors (Lipinski definition) is 0. The van der Waals surface area contributed by atoms with Gasteiger partial charge in [-0.2, -0.15) is 0 Å². The van der Waals surface area contributed by atoms with Gasteiger partial charge in [0.2, 0.25) is 5.91 Å². The molecule has 0 unspecified atom stereocenters. The highest BCUT2D eigenvalue weighted by atomic mass is 16.5. The molecule has 1 aliphatic rings. The first kappa shape index (κ1) is 20.9. The normalized spacial score (nSPS) is 15.1. The monoisotopic (exact) mass is 395 g/mol. The van der Waals surface area contributed by atoms with E-state index in [0.29, 0.717) is 11.5 Å². The summed E-state index contributed by atoms with van der Waals surface area (Å²) in [6, 6.07) is 9.72. The average Bonchev–Trinajstić information content (AvgIpc) is 2.73. The number of benzene rings is 1. The lowest BCUT2D eigenvalue weighted by Crippen LogP contribution is -2.47. The number of aromatic nitrogens is 1. The summed E-state index contributed by atoms with van der Waals surface area (Å²) in [7, 11) is 1.62. The third-order valence-corrected chi connectivity index (χ3v) is 4.78. The number of pyridine rings is 1. The molecule has 1 saturated heterocycles. The molecule has 1 fully saturated rings. The van der Waals surface area contributed by atoms with Crippen molar-refractivity contribution in [1.29, 1.82) is 0 Å². The first-order valence-electron chi connectivity index (χ1n) is 9.98. The van der Waals surface area contributed by atoms with Crippen molar-refractivity contribution in [2.75, 3.05) is 33.3 Å². The van der Waals surface area contributed by atoms with Gasteiger partial charge in [0, 0.05) is 51.2 Å². The Hall–Kier alpha value is -2.86. The van der Waals surface area contributed by atoms with Gasteiger partial charge in [0.15, 0.2) is 11.5 Å². The second-order valence-electron chi connectivity index (χ2n) is 7.37. The smallest absolute Gasteiger partial charge is 0.246 e. The molecule has 3 rings (SSSR count). The van der Waals surface area contributed by atoms with E-state index in [9.17, 15) is 4.79 Å². The minimum absolute atomic E-state index is 0.0347. The summed E-state index contributed by atoms with van der Waals surface area (Å²) >= 11 is 0. The predicted octanol–water partition coefficient (Wildman–Crippen LogP) is 3.24. The Morgan fingerprint density at radius 1 is 1.17 bits per heavy atom. The first-order chi connectivity index (χ1) is 14.0. The van der Waals surface area contributed by atoms with E-state index in [4.69, 9.17) is 9.47 Å². The van der Waals surface area contributed by atoms with Crippen LogP contribution >= 0.6 is 0 Å². The number of rotatable bonds is 7. The maximum absolute atomic E-state index is 12.6. The predicted molar refractivity (Wildman–Crippen MR) is 114 cm³/mol. The van der Waals surface area contributed by atoms with E-state index in [1.165, 1.54) is 5.56 Å². The Kier molecular flexibility index (Phi) is 7.25. The van der Waals surface area contributed by atoms with Crippen LogP contribution in [0.1, 0.15) is 25.0 Å². The third kappa shape index (κ3) is 6.06. The lowest BCUT2D eigenvalue weighted by Gasteiger charge is -2.34. The minimum atomic E-state index is 0.0347. The van der Waals surface area contributed by atoms with Crippen molar-refractivity contribution in [3.8, 4) is 11.5 Å². The van der Waals surface area contributed by atoms with E-state index in [-0.39, 0.29) is 12.0 Å². The first-order valence-corrected chi connectivity index (χ1v) is 9.98. The van der Waals surface area contributed by atoms with Crippen LogP contribution in [0.25, 0.3) is 6.08 Å². The van der Waals surface area contributed by atoms with Crippen LogP contribution in [0.5, 0.6) is 11.5 Å². The summed E-state index contributed by atoms with van der Waals surface area (Å²) in [5, 5.41) is 0. The van der Waals surface area contributed by atoms with Crippen LogP contribution in [0, 0.1) is 0 Å². The fraction of sp³-hybridized carbons (Fsp3) is 0.391. The molecular weight excluding hydrogens is 366 g/mol. The van der Waals surface area contributed by atoms with E-state index in [2.05, 4.69) is 16.0 Å². The lowest BCUT2D eigenvalue weighted by molar-refractivity contribution is -0.127. The molecule has 2 aromatic rings. The van der Waals surface area contributed by atoms with E-state index >= 15 is 0 Å². The molecule has 0 bridgehead atoms. The van der Waals surface area contributed by atoms with E-state index in [1.807, 2.05) is 55.3 Å². The van der Waals surface area contributed by atoms with Gasteiger partial charge in [-0.1, -0.05) is 12.1 Å². The van der Waals surface area contributed by atoms with Crippen LogP contribution < -0.4 is 9.47 Å². The van der Waals surface area contributed by atoms with E-state index in [0.717, 1.165) is 38.3 Å². The molecule has 29 heavy (non-hydrogen) atoms. The zero-order chi connectivity index (χ0) is 20.6. The number of carbonyl (C=O) groups is 1. The van der Waals surface area contributed by atoms with Crippen molar-refractivity contribution >= 4 is 12.0 Å². The van der Waals surface area contributed by atoms with Crippen molar-refractivity contribution in [2.45, 2.75) is 26.5 Å². The van der Waals surface area contributed by atoms with Crippen molar-refractivity contribution in [2.24, 2.45) is 0 Å². The molecule has 1 aromatic carbocycles. The van der Waals surface area contributed by atoms with Crippen LogP contribution in [0.4, 0.5) is 0 Å². The van der Waals surface area contributed by atoms with Gasteiger partial charge in [0.25, 0.3) is 0 Å². The number of methoxy groups -OCH3 is 1. The van der Waals surface area contributed by atoms with Gasteiger partial charge in [-0.05, 0) is 49.2 Å². The summed E-state index contributed by atoms with van der Waals surface area (Å²) < 4.78 is 11.1. The van der Waals surface area contributed by atoms with Gasteiger partial charge in [0.1, 0.15) is 0 Å². The molecule has 0 radical (unpaired) electrons. The van der Waals surface area contributed by atoms with Gasteiger partial charge in [0.05, 0.1) is 13.2 Å². The van der Waals surface area contributed by atoms with Crippen LogP contribution in [0.2, 0.25) is 0 Å². The molecule has 0 atom stereocenters. The fourth-order valence-corrected chi connectivity index (χ4v) is 3.29. The molecule has 154 valence electrons. The Morgan fingerprint density at radius 3 is 2.62 bits per heavy atom. The van der Waals surface area contributed by atoms with E-state index in [1.54, 1.807) is 19.4 Å². The molecule has 2 heterocycles. The summed E-state index contributed by atoms with van der Waals surface area (Å²) in [5.74, 6) is 1.40. The highest BCUT2D eigenvalue weighted by Gasteiger charge is 2.19. The highest BCUT2D eigenvalue weighted by molar-refractivity contribution is 5.92. The molecule has 1 amide bonds. The quantitative estimate of drug-likeness (QED) is 0.674. The Bertz CT molecular complexity index is 829. The molecule has 6 heteroatoms. The van der Waals surface area contributed by atoms with Gasteiger partial charge >= 0.3 is 0 Å². The number of ether oxygens (including phenoxy) is 2. The third-order valence-electron chi connectivity index (χ3n) is 4.78. The largest absolute Gasteiger partial charge is 0.493 e. The van der Waals surface area contributed by atoms with Gasteiger partial charge in [-0.15, -0.1) is 0 Å². The van der Waals surface area contributed by atoms with Crippen LogP contribution in [-0.2, 0) is 11.3 Å². The zero-order valence-electron chi connectivity index (χ0n) is 17.4. The van der Waals surface area contributed by atoms with E-state index < -0.39 is 0 Å². The number of carbonyl (C=O) groups excluding carboxylic acids is 1. The fourth-order valence-electron chi connectivity index (χ4n) is 3.29. The van der Waals surface area contributed by atoms with Crippen molar-refractivity contribution in [1.82, 2.24) is 14.8 Å². The Labute approximate surface area is 172 Å². The van der Waals surface area contributed by atoms with Gasteiger partial charge < -0.3 is 14.4 Å². The second kappa shape index (κ2) is 10.1. The molecule has 0 N–H and O–H groups in total. The average molecular weight is 396 g/mol. The maximum atomic E-state index is 12.6. The SMILES string of the molecule is COc1cc(/C=C/C(=O)N2CCN(Cc3cccnc3)CC2)ccc1OC(C)C. The molecule has 0 aliphatic carbocycles. The highest BCUT2D eigenvalue weighted by Crippen LogP contribution is 2.29. The number of piperazine rings is 1. The van der Waals surface area contributed by atoms with Crippen LogP contribution in [0.3, 0.4) is 0 Å². The molecular formula is C23H29N3O3. The lowest BCUT2D eigenvalue weighted by atomic mass is 10.1. The molecule has 6 nitrogen and oxygen atoms in total. The Balaban J connectivity index is 1.53. The summed E-state index contributed by atoms with van der Waals surface area (Å²) in [6.07, 6.45) is 7.21.